The number of halogens is 2. The lowest BCUT2D eigenvalue weighted by Crippen LogP contribution is -2.03. The van der Waals surface area contributed by atoms with Gasteiger partial charge in [0.15, 0.2) is 0 Å². The lowest BCUT2D eigenvalue weighted by Gasteiger charge is -2.20. The Labute approximate surface area is 358 Å². The number of benzene rings is 1. The van der Waals surface area contributed by atoms with Crippen LogP contribution in [0.5, 0.6) is 0 Å². The number of nitrogens with zero attached hydrogens (tertiary/aromatic N) is 2. The summed E-state index contributed by atoms with van der Waals surface area (Å²) < 4.78 is 10.9. The first-order valence-corrected chi connectivity index (χ1v) is 25.1. The maximum absolute atomic E-state index is 12.2. The molecule has 6 nitrogen and oxygen atoms in total. The zero-order valence-electron chi connectivity index (χ0n) is 33.1. The number of aromatic nitrogens is 2. The number of carboxylic acid groups (broad SMARTS) is 2. The molecule has 0 amide bonds. The number of thiophene rings is 2. The molecule has 0 spiro atoms. The molecule has 0 aliphatic heterocycles. The molecule has 4 aromatic rings. The number of rotatable bonds is 30. The second-order valence-corrected chi connectivity index (χ2v) is 20.4. The Kier molecular flexibility index (Phi) is 21.5. The smallest absolute Gasteiger partial charge is 0.337 e. The fourth-order valence-electron chi connectivity index (χ4n) is 7.75. The topological polar surface area (TPSA) is 100 Å². The second kappa shape index (κ2) is 25.6. The highest BCUT2D eigenvalue weighted by Crippen LogP contribution is 2.48. The SMILES string of the molecule is CCCCCCCCCCCCCCc1c(CCCCCCCCCCCCCC)c(-c2cc(C(=O)O)c(Br)s2)c2nsnc2c1-c1cc(C(=O)O)c(Br)s1. The van der Waals surface area contributed by atoms with Crippen LogP contribution in [-0.4, -0.2) is 30.9 Å². The van der Waals surface area contributed by atoms with E-state index in [2.05, 4.69) is 45.7 Å². The van der Waals surface area contributed by atoms with E-state index in [1.165, 1.54) is 174 Å². The van der Waals surface area contributed by atoms with Crippen LogP contribution >= 0.6 is 66.3 Å². The van der Waals surface area contributed by atoms with E-state index in [0.717, 1.165) is 70.4 Å². The van der Waals surface area contributed by atoms with Crippen molar-refractivity contribution in [1.29, 1.82) is 0 Å². The van der Waals surface area contributed by atoms with E-state index in [1.54, 1.807) is 12.1 Å². The van der Waals surface area contributed by atoms with Crippen LogP contribution in [0, 0.1) is 0 Å². The van der Waals surface area contributed by atoms with Gasteiger partial charge in [-0.05, 0) is 80.8 Å². The van der Waals surface area contributed by atoms with Crippen molar-refractivity contribution >= 4 is 89.2 Å². The van der Waals surface area contributed by atoms with Gasteiger partial charge in [0.25, 0.3) is 0 Å². The monoisotopic (exact) mass is 936 g/mol. The van der Waals surface area contributed by atoms with Crippen molar-refractivity contribution in [3.8, 4) is 20.9 Å². The Morgan fingerprint density at radius 1 is 0.509 bits per heavy atom. The van der Waals surface area contributed by atoms with Crippen molar-refractivity contribution in [3.05, 3.63) is 42.0 Å². The lowest BCUT2D eigenvalue weighted by molar-refractivity contribution is 0.0686. The summed E-state index contributed by atoms with van der Waals surface area (Å²) in [5.41, 5.74) is 6.50. The summed E-state index contributed by atoms with van der Waals surface area (Å²) in [7, 11) is 0. The van der Waals surface area contributed by atoms with Gasteiger partial charge >= 0.3 is 11.9 Å². The van der Waals surface area contributed by atoms with Gasteiger partial charge in [-0.3, -0.25) is 0 Å². The fraction of sp³-hybridized carbons (Fsp3) is 0.636. The van der Waals surface area contributed by atoms with Gasteiger partial charge in [-0.2, -0.15) is 8.75 Å². The van der Waals surface area contributed by atoms with Gasteiger partial charge in [-0.1, -0.05) is 155 Å². The molecule has 0 atom stereocenters. The summed E-state index contributed by atoms with van der Waals surface area (Å²) in [4.78, 5) is 26.2. The first-order valence-electron chi connectivity index (χ1n) is 21.1. The van der Waals surface area contributed by atoms with Crippen molar-refractivity contribution in [2.75, 3.05) is 0 Å². The number of carbonyl (C=O) groups is 2. The van der Waals surface area contributed by atoms with E-state index >= 15 is 0 Å². The molecule has 55 heavy (non-hydrogen) atoms. The van der Waals surface area contributed by atoms with Gasteiger partial charge < -0.3 is 10.2 Å². The first kappa shape index (κ1) is 46.0. The quantitative estimate of drug-likeness (QED) is 0.0505. The summed E-state index contributed by atoms with van der Waals surface area (Å²) in [6.45, 7) is 4.54. The van der Waals surface area contributed by atoms with Crippen LogP contribution in [0.1, 0.15) is 200 Å². The minimum absolute atomic E-state index is 0.257. The number of unbranched alkanes of at least 4 members (excludes halogenated alkanes) is 22. The molecule has 4 rings (SSSR count). The minimum Gasteiger partial charge on any atom is -0.478 e. The standard InChI is InChI=1S/C44H62Br2N2O4S3/c1-3-5-7-9-11-13-15-17-19-21-23-25-27-31-32(28-26-24-22-20-18-16-14-12-10-8-6-4-2)38(36-30-34(44(51)52)42(46)54-36)40-39(47-55-48-40)37(31)35-29-33(43(49)50)41(45)53-35/h29-30H,3-28H2,1-2H3,(H,49,50)(H,51,52). The molecular weight excluding hydrogens is 877 g/mol. The normalized spacial score (nSPS) is 11.6. The molecule has 0 aliphatic carbocycles. The van der Waals surface area contributed by atoms with E-state index in [4.69, 9.17) is 8.75 Å². The maximum atomic E-state index is 12.2. The maximum Gasteiger partial charge on any atom is 0.337 e. The van der Waals surface area contributed by atoms with Gasteiger partial charge in [0.1, 0.15) is 11.0 Å². The molecule has 1 aromatic carbocycles. The van der Waals surface area contributed by atoms with E-state index in [0.29, 0.717) is 7.57 Å². The molecule has 0 unspecified atom stereocenters. The van der Waals surface area contributed by atoms with Gasteiger partial charge in [0.05, 0.1) is 30.4 Å². The summed E-state index contributed by atoms with van der Waals surface area (Å²) in [6, 6.07) is 3.57. The number of hydrogen-bond acceptors (Lipinski definition) is 7. The van der Waals surface area contributed by atoms with E-state index in [1.807, 2.05) is 0 Å². The summed E-state index contributed by atoms with van der Waals surface area (Å²) in [5, 5.41) is 20.0. The van der Waals surface area contributed by atoms with Gasteiger partial charge in [-0.25, -0.2) is 9.59 Å². The molecule has 2 N–H and O–H groups in total. The van der Waals surface area contributed by atoms with Gasteiger partial charge in [0.2, 0.25) is 0 Å². The number of aromatic carboxylic acids is 2. The Bertz CT molecular complexity index is 1640. The molecule has 0 saturated carbocycles. The van der Waals surface area contributed by atoms with E-state index in [9.17, 15) is 19.8 Å². The van der Waals surface area contributed by atoms with Crippen LogP contribution in [0.25, 0.3) is 31.9 Å². The third-order valence-electron chi connectivity index (χ3n) is 10.8. The van der Waals surface area contributed by atoms with Crippen LogP contribution in [0.15, 0.2) is 19.7 Å². The average Bonchev–Trinajstić information content (AvgIpc) is 3.90. The average molecular weight is 939 g/mol. The van der Waals surface area contributed by atoms with Crippen molar-refractivity contribution in [3.63, 3.8) is 0 Å². The fourth-order valence-corrected chi connectivity index (χ4v) is 11.8. The Morgan fingerprint density at radius 3 is 1.07 bits per heavy atom. The number of carboxylic acids is 2. The lowest BCUT2D eigenvalue weighted by atomic mass is 9.86. The zero-order valence-corrected chi connectivity index (χ0v) is 38.7. The third kappa shape index (κ3) is 14.3. The summed E-state index contributed by atoms with van der Waals surface area (Å²) in [6.07, 6.45) is 32.4. The van der Waals surface area contributed by atoms with Crippen LogP contribution in [-0.2, 0) is 12.8 Å². The van der Waals surface area contributed by atoms with Crippen LogP contribution in [0.2, 0.25) is 0 Å². The van der Waals surface area contributed by atoms with Gasteiger partial charge in [0, 0.05) is 20.9 Å². The Hall–Kier alpha value is -1.66. The van der Waals surface area contributed by atoms with Gasteiger partial charge in [-0.15, -0.1) is 22.7 Å². The van der Waals surface area contributed by atoms with Crippen molar-refractivity contribution in [1.82, 2.24) is 8.75 Å². The molecule has 0 saturated heterocycles. The number of fused-ring (bicyclic) bond motifs is 1. The van der Waals surface area contributed by atoms with E-state index in [-0.39, 0.29) is 11.1 Å². The molecule has 3 aromatic heterocycles. The molecule has 11 heteroatoms. The first-order chi connectivity index (χ1) is 26.8. The molecule has 0 bridgehead atoms. The van der Waals surface area contributed by atoms with E-state index < -0.39 is 11.9 Å². The molecule has 0 fully saturated rings. The van der Waals surface area contributed by atoms with Crippen LogP contribution in [0.4, 0.5) is 0 Å². The van der Waals surface area contributed by atoms with Crippen molar-refractivity contribution < 1.29 is 19.8 Å². The summed E-state index contributed by atoms with van der Waals surface area (Å²) in [5.74, 6) is -1.91. The van der Waals surface area contributed by atoms with Crippen molar-refractivity contribution in [2.45, 2.75) is 181 Å². The highest BCUT2D eigenvalue weighted by Gasteiger charge is 2.28. The molecule has 304 valence electrons. The molecular formula is C44H62Br2N2O4S3. The number of hydrogen-bond donors (Lipinski definition) is 2. The predicted octanol–water partition coefficient (Wildman–Crippen LogP) is 16.6. The minimum atomic E-state index is -0.956. The van der Waals surface area contributed by atoms with Crippen LogP contribution in [0.3, 0.4) is 0 Å². The zero-order chi connectivity index (χ0) is 39.4. The van der Waals surface area contributed by atoms with Crippen molar-refractivity contribution in [2.24, 2.45) is 0 Å². The molecule has 0 aliphatic rings. The second-order valence-electron chi connectivity index (χ2n) is 15.2. The Balaban J connectivity index is 1.58. The molecule has 3 heterocycles. The van der Waals surface area contributed by atoms with Crippen LogP contribution < -0.4 is 0 Å². The largest absolute Gasteiger partial charge is 0.478 e. The highest BCUT2D eigenvalue weighted by molar-refractivity contribution is 9.11. The highest BCUT2D eigenvalue weighted by atomic mass is 79.9. The third-order valence-corrected chi connectivity index (χ3v) is 15.1. The summed E-state index contributed by atoms with van der Waals surface area (Å²) >= 11 is 11.1. The Morgan fingerprint density at radius 2 is 0.800 bits per heavy atom. The molecule has 0 radical (unpaired) electrons. The predicted molar refractivity (Wildman–Crippen MR) is 243 cm³/mol.